The molecule has 0 saturated carbocycles. The molecule has 2 rings (SSSR count). The predicted octanol–water partition coefficient (Wildman–Crippen LogP) is 2.53. The standard InChI is InChI=1S/C10H14ClNO2/c11-6-9-10(14-7-12-9)5-8-3-1-2-4-13-8/h7-8H,1-6H2. The topological polar surface area (TPSA) is 35.3 Å². The van der Waals surface area contributed by atoms with Crippen molar-refractivity contribution in [3.05, 3.63) is 17.8 Å². The highest BCUT2D eigenvalue weighted by Gasteiger charge is 2.18. The second-order valence-electron chi connectivity index (χ2n) is 3.55. The van der Waals surface area contributed by atoms with Crippen LogP contribution < -0.4 is 0 Å². The molecule has 0 amide bonds. The fourth-order valence-corrected chi connectivity index (χ4v) is 1.96. The van der Waals surface area contributed by atoms with Crippen LogP contribution in [0.2, 0.25) is 0 Å². The number of ether oxygens (including phenoxy) is 1. The van der Waals surface area contributed by atoms with E-state index in [1.165, 1.54) is 19.2 Å². The van der Waals surface area contributed by atoms with Crippen LogP contribution >= 0.6 is 11.6 Å². The van der Waals surface area contributed by atoms with Crippen molar-refractivity contribution in [2.75, 3.05) is 6.61 Å². The van der Waals surface area contributed by atoms with Crippen molar-refractivity contribution in [1.29, 1.82) is 0 Å². The SMILES string of the molecule is ClCc1ncoc1CC1CCCCO1. The number of oxazole rings is 1. The van der Waals surface area contributed by atoms with Gasteiger partial charge in [-0.2, -0.15) is 0 Å². The summed E-state index contributed by atoms with van der Waals surface area (Å²) in [5.41, 5.74) is 0.848. The molecule has 2 heterocycles. The molecule has 1 atom stereocenters. The molecule has 0 aliphatic carbocycles. The van der Waals surface area contributed by atoms with Crippen molar-refractivity contribution >= 4 is 11.6 Å². The molecule has 0 spiro atoms. The van der Waals surface area contributed by atoms with Gasteiger partial charge in [-0.1, -0.05) is 0 Å². The van der Waals surface area contributed by atoms with Crippen molar-refractivity contribution in [2.45, 2.75) is 37.7 Å². The van der Waals surface area contributed by atoms with Gasteiger partial charge >= 0.3 is 0 Å². The molecule has 1 fully saturated rings. The molecule has 0 radical (unpaired) electrons. The normalized spacial score (nSPS) is 22.5. The van der Waals surface area contributed by atoms with E-state index in [4.69, 9.17) is 20.8 Å². The summed E-state index contributed by atoms with van der Waals surface area (Å²) >= 11 is 5.73. The van der Waals surface area contributed by atoms with Crippen molar-refractivity contribution in [1.82, 2.24) is 4.98 Å². The minimum atomic E-state index is 0.290. The first-order valence-electron chi connectivity index (χ1n) is 4.99. The van der Waals surface area contributed by atoms with E-state index in [0.29, 0.717) is 12.0 Å². The van der Waals surface area contributed by atoms with Crippen LogP contribution in [0.3, 0.4) is 0 Å². The van der Waals surface area contributed by atoms with Crippen molar-refractivity contribution in [3.8, 4) is 0 Å². The van der Waals surface area contributed by atoms with Gasteiger partial charge in [-0.25, -0.2) is 4.98 Å². The Bertz CT molecular complexity index is 281. The van der Waals surface area contributed by atoms with E-state index in [2.05, 4.69) is 4.98 Å². The van der Waals surface area contributed by atoms with Gasteiger partial charge in [-0.15, -0.1) is 11.6 Å². The van der Waals surface area contributed by atoms with Gasteiger partial charge in [0.15, 0.2) is 6.39 Å². The van der Waals surface area contributed by atoms with Crippen LogP contribution in [0.25, 0.3) is 0 Å². The molecular weight excluding hydrogens is 202 g/mol. The molecule has 1 aliphatic heterocycles. The first kappa shape index (κ1) is 9.99. The summed E-state index contributed by atoms with van der Waals surface area (Å²) < 4.78 is 10.9. The van der Waals surface area contributed by atoms with Crippen molar-refractivity contribution in [2.24, 2.45) is 0 Å². The monoisotopic (exact) mass is 215 g/mol. The Morgan fingerprint density at radius 2 is 2.43 bits per heavy atom. The molecule has 0 N–H and O–H groups in total. The van der Waals surface area contributed by atoms with Gasteiger partial charge in [0.25, 0.3) is 0 Å². The molecule has 1 aliphatic rings. The molecule has 0 bridgehead atoms. The lowest BCUT2D eigenvalue weighted by Crippen LogP contribution is -2.21. The van der Waals surface area contributed by atoms with Gasteiger partial charge < -0.3 is 9.15 Å². The molecule has 1 unspecified atom stereocenters. The zero-order valence-corrected chi connectivity index (χ0v) is 8.79. The van der Waals surface area contributed by atoms with Crippen LogP contribution in [0.4, 0.5) is 0 Å². The highest BCUT2D eigenvalue weighted by Crippen LogP contribution is 2.19. The Labute approximate surface area is 88.4 Å². The highest BCUT2D eigenvalue weighted by molar-refractivity contribution is 6.16. The molecule has 0 aromatic carbocycles. The van der Waals surface area contributed by atoms with Gasteiger partial charge in [0, 0.05) is 13.0 Å². The maximum absolute atomic E-state index is 5.73. The number of alkyl halides is 1. The Balaban J connectivity index is 1.95. The second-order valence-corrected chi connectivity index (χ2v) is 3.82. The largest absolute Gasteiger partial charge is 0.448 e. The van der Waals surface area contributed by atoms with Crippen molar-refractivity contribution < 1.29 is 9.15 Å². The van der Waals surface area contributed by atoms with E-state index in [1.807, 2.05) is 0 Å². The lowest BCUT2D eigenvalue weighted by molar-refractivity contribution is 0.0138. The first-order chi connectivity index (χ1) is 6.90. The Morgan fingerprint density at radius 3 is 3.14 bits per heavy atom. The molecule has 3 nitrogen and oxygen atoms in total. The van der Waals surface area contributed by atoms with E-state index in [0.717, 1.165) is 30.9 Å². The number of rotatable bonds is 3. The van der Waals surface area contributed by atoms with Crippen LogP contribution in [0, 0.1) is 0 Å². The highest BCUT2D eigenvalue weighted by atomic mass is 35.5. The van der Waals surface area contributed by atoms with Gasteiger partial charge in [-0.05, 0) is 19.3 Å². The average Bonchev–Trinajstić information content (AvgIpc) is 2.67. The molecule has 78 valence electrons. The van der Waals surface area contributed by atoms with Gasteiger partial charge in [0.05, 0.1) is 17.7 Å². The van der Waals surface area contributed by atoms with Crippen LogP contribution in [0.15, 0.2) is 10.8 Å². The third-order valence-electron chi connectivity index (χ3n) is 2.54. The average molecular weight is 216 g/mol. The molecule has 1 saturated heterocycles. The maximum Gasteiger partial charge on any atom is 0.181 e. The summed E-state index contributed by atoms with van der Waals surface area (Å²) in [6.07, 6.45) is 6.09. The van der Waals surface area contributed by atoms with Gasteiger partial charge in [0.2, 0.25) is 0 Å². The second kappa shape index (κ2) is 4.80. The quantitative estimate of drug-likeness (QED) is 0.727. The van der Waals surface area contributed by atoms with E-state index in [-0.39, 0.29) is 0 Å². The summed E-state index contributed by atoms with van der Waals surface area (Å²) in [5.74, 6) is 1.30. The smallest absolute Gasteiger partial charge is 0.181 e. The zero-order chi connectivity index (χ0) is 9.80. The maximum atomic E-state index is 5.73. The first-order valence-corrected chi connectivity index (χ1v) is 5.52. The van der Waals surface area contributed by atoms with E-state index in [9.17, 15) is 0 Å². The summed E-state index contributed by atoms with van der Waals surface area (Å²) in [4.78, 5) is 4.05. The molecular formula is C10H14ClNO2. The minimum Gasteiger partial charge on any atom is -0.448 e. The minimum absolute atomic E-state index is 0.290. The summed E-state index contributed by atoms with van der Waals surface area (Å²) in [6, 6.07) is 0. The van der Waals surface area contributed by atoms with E-state index < -0.39 is 0 Å². The van der Waals surface area contributed by atoms with Crippen LogP contribution in [-0.2, 0) is 17.0 Å². The summed E-state index contributed by atoms with van der Waals surface area (Å²) in [7, 11) is 0. The fourth-order valence-electron chi connectivity index (χ4n) is 1.74. The third-order valence-corrected chi connectivity index (χ3v) is 2.79. The zero-order valence-electron chi connectivity index (χ0n) is 8.04. The van der Waals surface area contributed by atoms with Gasteiger partial charge in [-0.3, -0.25) is 0 Å². The number of halogens is 1. The Hall–Kier alpha value is -0.540. The number of nitrogens with zero attached hydrogens (tertiary/aromatic N) is 1. The third kappa shape index (κ3) is 2.28. The predicted molar refractivity (Wildman–Crippen MR) is 53.4 cm³/mol. The summed E-state index contributed by atoms with van der Waals surface area (Å²) in [6.45, 7) is 0.870. The lowest BCUT2D eigenvalue weighted by atomic mass is 10.0. The molecule has 4 heteroatoms. The van der Waals surface area contributed by atoms with Crippen LogP contribution in [0.5, 0.6) is 0 Å². The molecule has 1 aromatic rings. The molecule has 1 aromatic heterocycles. The lowest BCUT2D eigenvalue weighted by Gasteiger charge is -2.21. The number of hydrogen-bond acceptors (Lipinski definition) is 3. The van der Waals surface area contributed by atoms with Crippen molar-refractivity contribution in [3.63, 3.8) is 0 Å². The Morgan fingerprint density at radius 1 is 1.50 bits per heavy atom. The molecule has 14 heavy (non-hydrogen) atoms. The number of aromatic nitrogens is 1. The number of hydrogen-bond donors (Lipinski definition) is 0. The summed E-state index contributed by atoms with van der Waals surface area (Å²) in [5, 5.41) is 0. The van der Waals surface area contributed by atoms with E-state index >= 15 is 0 Å². The van der Waals surface area contributed by atoms with E-state index in [1.54, 1.807) is 0 Å². The van der Waals surface area contributed by atoms with Crippen LogP contribution in [0.1, 0.15) is 30.7 Å². The fraction of sp³-hybridized carbons (Fsp3) is 0.700. The van der Waals surface area contributed by atoms with Gasteiger partial charge in [0.1, 0.15) is 5.76 Å². The van der Waals surface area contributed by atoms with Crippen LogP contribution in [-0.4, -0.2) is 17.7 Å². The Kier molecular flexibility index (Phi) is 3.43.